The molecule has 0 aliphatic carbocycles. The second kappa shape index (κ2) is 6.07. The lowest BCUT2D eigenvalue weighted by atomic mass is 10.2. The van der Waals surface area contributed by atoms with E-state index in [1.807, 2.05) is 19.9 Å². The first-order valence-corrected chi connectivity index (χ1v) is 7.36. The Kier molecular flexibility index (Phi) is 4.45. The summed E-state index contributed by atoms with van der Waals surface area (Å²) in [6.45, 7) is 4.71. The van der Waals surface area contributed by atoms with Gasteiger partial charge in [-0.25, -0.2) is 4.98 Å². The molecular formula is C13H15NOS2. The number of aromatic nitrogens is 1. The van der Waals surface area contributed by atoms with Gasteiger partial charge in [-0.3, -0.25) is 0 Å². The summed E-state index contributed by atoms with van der Waals surface area (Å²) < 4.78 is 5.58. The van der Waals surface area contributed by atoms with Gasteiger partial charge in [0.2, 0.25) is 5.06 Å². The van der Waals surface area contributed by atoms with Crippen LogP contribution in [0.1, 0.15) is 17.5 Å². The van der Waals surface area contributed by atoms with Crippen molar-refractivity contribution >= 4 is 23.1 Å². The van der Waals surface area contributed by atoms with Gasteiger partial charge in [-0.1, -0.05) is 53.4 Å². The molecule has 1 heterocycles. The summed E-state index contributed by atoms with van der Waals surface area (Å²) in [6.07, 6.45) is 0. The molecule has 0 N–H and O–H groups in total. The first kappa shape index (κ1) is 12.5. The van der Waals surface area contributed by atoms with Gasteiger partial charge in [0.1, 0.15) is 0 Å². The summed E-state index contributed by atoms with van der Waals surface area (Å²) in [4.78, 5) is 4.50. The number of nitrogens with zero attached hydrogens (tertiary/aromatic N) is 1. The van der Waals surface area contributed by atoms with E-state index in [1.54, 1.807) is 23.1 Å². The smallest absolute Gasteiger partial charge is 0.208 e. The fourth-order valence-electron chi connectivity index (χ4n) is 1.43. The van der Waals surface area contributed by atoms with E-state index in [9.17, 15) is 0 Å². The molecule has 0 aliphatic heterocycles. The standard InChI is InChI=1S/C13H15NOS2/c1-3-15-13-12(14-10(2)17-13)16-9-11-7-5-4-6-8-11/h4-8H,3,9H2,1-2H3. The summed E-state index contributed by atoms with van der Waals surface area (Å²) >= 11 is 3.36. The van der Waals surface area contributed by atoms with Gasteiger partial charge in [-0.15, -0.1) is 0 Å². The van der Waals surface area contributed by atoms with Crippen molar-refractivity contribution < 1.29 is 4.74 Å². The van der Waals surface area contributed by atoms with E-state index >= 15 is 0 Å². The number of ether oxygens (including phenoxy) is 1. The zero-order valence-corrected chi connectivity index (χ0v) is 11.6. The number of aryl methyl sites for hydroxylation is 1. The number of benzene rings is 1. The maximum absolute atomic E-state index is 5.58. The van der Waals surface area contributed by atoms with Crippen molar-refractivity contribution in [2.75, 3.05) is 6.61 Å². The van der Waals surface area contributed by atoms with Crippen molar-refractivity contribution in [3.63, 3.8) is 0 Å². The molecule has 0 atom stereocenters. The lowest BCUT2D eigenvalue weighted by molar-refractivity contribution is 0.341. The molecule has 0 aliphatic rings. The quantitative estimate of drug-likeness (QED) is 0.758. The fourth-order valence-corrected chi connectivity index (χ4v) is 3.38. The lowest BCUT2D eigenvalue weighted by Crippen LogP contribution is -1.90. The Labute approximate surface area is 110 Å². The van der Waals surface area contributed by atoms with Crippen molar-refractivity contribution in [1.82, 2.24) is 4.98 Å². The second-order valence-corrected chi connectivity index (χ2v) is 5.66. The topological polar surface area (TPSA) is 22.1 Å². The molecule has 0 saturated carbocycles. The van der Waals surface area contributed by atoms with Crippen LogP contribution in [0.3, 0.4) is 0 Å². The molecule has 0 bridgehead atoms. The van der Waals surface area contributed by atoms with Crippen LogP contribution in [0.4, 0.5) is 0 Å². The Balaban J connectivity index is 2.03. The normalized spacial score (nSPS) is 10.5. The fraction of sp³-hybridized carbons (Fsp3) is 0.308. The van der Waals surface area contributed by atoms with Crippen molar-refractivity contribution in [2.24, 2.45) is 0 Å². The van der Waals surface area contributed by atoms with Crippen LogP contribution in [-0.2, 0) is 5.75 Å². The highest BCUT2D eigenvalue weighted by atomic mass is 32.2. The van der Waals surface area contributed by atoms with Crippen LogP contribution in [0.25, 0.3) is 0 Å². The van der Waals surface area contributed by atoms with E-state index in [0.29, 0.717) is 6.61 Å². The van der Waals surface area contributed by atoms with Crippen molar-refractivity contribution in [3.05, 3.63) is 40.9 Å². The highest BCUT2D eigenvalue weighted by molar-refractivity contribution is 7.98. The SMILES string of the molecule is CCOc1sc(C)nc1SCc1ccccc1. The Morgan fingerprint density at radius 3 is 2.76 bits per heavy atom. The first-order chi connectivity index (χ1) is 8.29. The van der Waals surface area contributed by atoms with Gasteiger partial charge in [-0.05, 0) is 19.4 Å². The van der Waals surface area contributed by atoms with Crippen LogP contribution >= 0.6 is 23.1 Å². The maximum atomic E-state index is 5.58. The Morgan fingerprint density at radius 2 is 2.06 bits per heavy atom. The van der Waals surface area contributed by atoms with Crippen molar-refractivity contribution in [2.45, 2.75) is 24.6 Å². The predicted octanol–water partition coefficient (Wildman–Crippen LogP) is 4.14. The summed E-state index contributed by atoms with van der Waals surface area (Å²) in [5.74, 6) is 0.935. The number of thiazole rings is 1. The Morgan fingerprint density at radius 1 is 1.29 bits per heavy atom. The van der Waals surface area contributed by atoms with Gasteiger partial charge in [-0.2, -0.15) is 0 Å². The molecule has 2 aromatic rings. The molecule has 4 heteroatoms. The minimum atomic E-state index is 0.695. The third kappa shape index (κ3) is 3.48. The Bertz CT molecular complexity index is 468. The first-order valence-electron chi connectivity index (χ1n) is 5.56. The van der Waals surface area contributed by atoms with Crippen LogP contribution in [-0.4, -0.2) is 11.6 Å². The number of hydrogen-bond acceptors (Lipinski definition) is 4. The molecule has 0 spiro atoms. The number of thioether (sulfide) groups is 1. The van der Waals surface area contributed by atoms with Crippen LogP contribution in [0.15, 0.2) is 35.4 Å². The van der Waals surface area contributed by atoms with E-state index in [0.717, 1.165) is 20.8 Å². The monoisotopic (exact) mass is 265 g/mol. The molecule has 17 heavy (non-hydrogen) atoms. The summed E-state index contributed by atoms with van der Waals surface area (Å²) in [7, 11) is 0. The zero-order valence-electron chi connectivity index (χ0n) is 9.97. The lowest BCUT2D eigenvalue weighted by Gasteiger charge is -2.02. The van der Waals surface area contributed by atoms with Gasteiger partial charge in [0.05, 0.1) is 11.6 Å². The van der Waals surface area contributed by atoms with Gasteiger partial charge in [0.25, 0.3) is 0 Å². The zero-order chi connectivity index (χ0) is 12.1. The molecule has 0 fully saturated rings. The van der Waals surface area contributed by atoms with Gasteiger partial charge in [0, 0.05) is 5.75 Å². The summed E-state index contributed by atoms with van der Waals surface area (Å²) in [6, 6.07) is 10.4. The van der Waals surface area contributed by atoms with Crippen LogP contribution < -0.4 is 4.74 Å². The van der Waals surface area contributed by atoms with E-state index in [-0.39, 0.29) is 0 Å². The number of hydrogen-bond donors (Lipinski definition) is 0. The molecular weight excluding hydrogens is 250 g/mol. The van der Waals surface area contributed by atoms with Crippen molar-refractivity contribution in [1.29, 1.82) is 0 Å². The summed E-state index contributed by atoms with van der Waals surface area (Å²) in [5, 5.41) is 3.02. The average Bonchev–Trinajstić information content (AvgIpc) is 2.69. The third-order valence-electron chi connectivity index (χ3n) is 2.17. The minimum Gasteiger partial charge on any atom is -0.482 e. The van der Waals surface area contributed by atoms with Gasteiger partial charge >= 0.3 is 0 Å². The largest absolute Gasteiger partial charge is 0.482 e. The minimum absolute atomic E-state index is 0.695. The molecule has 0 radical (unpaired) electrons. The molecule has 1 aromatic carbocycles. The van der Waals surface area contributed by atoms with Crippen LogP contribution in [0.5, 0.6) is 5.06 Å². The highest BCUT2D eigenvalue weighted by Gasteiger charge is 2.10. The molecule has 0 saturated heterocycles. The van der Waals surface area contributed by atoms with E-state index in [1.165, 1.54) is 5.56 Å². The van der Waals surface area contributed by atoms with Crippen LogP contribution in [0, 0.1) is 6.92 Å². The van der Waals surface area contributed by atoms with E-state index in [2.05, 4.69) is 29.2 Å². The second-order valence-electron chi connectivity index (χ2n) is 3.53. The van der Waals surface area contributed by atoms with E-state index in [4.69, 9.17) is 4.74 Å². The van der Waals surface area contributed by atoms with Gasteiger partial charge in [0.15, 0.2) is 5.03 Å². The van der Waals surface area contributed by atoms with Gasteiger partial charge < -0.3 is 4.74 Å². The van der Waals surface area contributed by atoms with Crippen molar-refractivity contribution in [3.8, 4) is 5.06 Å². The molecule has 0 unspecified atom stereocenters. The molecule has 2 rings (SSSR count). The number of rotatable bonds is 5. The average molecular weight is 265 g/mol. The molecule has 0 amide bonds. The predicted molar refractivity (Wildman–Crippen MR) is 74.0 cm³/mol. The maximum Gasteiger partial charge on any atom is 0.208 e. The molecule has 1 aromatic heterocycles. The molecule has 2 nitrogen and oxygen atoms in total. The van der Waals surface area contributed by atoms with Crippen LogP contribution in [0.2, 0.25) is 0 Å². The highest BCUT2D eigenvalue weighted by Crippen LogP contribution is 2.36. The molecule has 90 valence electrons. The Hall–Kier alpha value is -1.00. The third-order valence-corrected chi connectivity index (χ3v) is 4.21. The van der Waals surface area contributed by atoms with E-state index < -0.39 is 0 Å². The summed E-state index contributed by atoms with van der Waals surface area (Å²) in [5.41, 5.74) is 1.31.